The van der Waals surface area contributed by atoms with Crippen molar-refractivity contribution >= 4 is 11.6 Å². The van der Waals surface area contributed by atoms with Gasteiger partial charge in [0.2, 0.25) is 0 Å². The maximum Gasteiger partial charge on any atom is 0.0897 e. The van der Waals surface area contributed by atoms with E-state index < -0.39 is 0 Å². The Kier molecular flexibility index (Phi) is 4.19. The molecule has 19 heavy (non-hydrogen) atoms. The fourth-order valence-electron chi connectivity index (χ4n) is 2.16. The molecule has 2 aromatic heterocycles. The first-order chi connectivity index (χ1) is 9.06. The van der Waals surface area contributed by atoms with Gasteiger partial charge in [-0.3, -0.25) is 15.5 Å². The van der Waals surface area contributed by atoms with Crippen molar-refractivity contribution in [3.8, 4) is 0 Å². The van der Waals surface area contributed by atoms with Crippen molar-refractivity contribution in [2.75, 3.05) is 0 Å². The first-order valence-electron chi connectivity index (χ1n) is 6.15. The molecule has 3 N–H and O–H groups in total. The normalized spacial score (nSPS) is 12.9. The molecule has 0 saturated carbocycles. The number of halogens is 1. The molecule has 2 heterocycles. The van der Waals surface area contributed by atoms with Gasteiger partial charge < -0.3 is 0 Å². The van der Waals surface area contributed by atoms with Crippen LogP contribution in [0.3, 0.4) is 0 Å². The third-order valence-corrected chi connectivity index (χ3v) is 3.38. The molecule has 0 radical (unpaired) electrons. The monoisotopic (exact) mass is 279 g/mol. The van der Waals surface area contributed by atoms with Crippen molar-refractivity contribution < 1.29 is 0 Å². The largest absolute Gasteiger partial charge is 0.271 e. The summed E-state index contributed by atoms with van der Waals surface area (Å²) in [5.74, 6) is 5.73. The van der Waals surface area contributed by atoms with Crippen molar-refractivity contribution in [1.29, 1.82) is 0 Å². The smallest absolute Gasteiger partial charge is 0.0897 e. The van der Waals surface area contributed by atoms with Crippen LogP contribution in [-0.2, 0) is 0 Å². The summed E-state index contributed by atoms with van der Waals surface area (Å²) in [6.45, 7) is 6.11. The number of pyridine rings is 1. The highest BCUT2D eigenvalue weighted by Crippen LogP contribution is 2.30. The SMILES string of the molecule is Cc1cnccc1C(NN)c1c(Cl)cnn1C(C)C. The molecule has 0 aliphatic rings. The number of rotatable bonds is 4. The molecule has 6 heteroatoms. The van der Waals surface area contributed by atoms with Gasteiger partial charge in [-0.15, -0.1) is 0 Å². The van der Waals surface area contributed by atoms with E-state index in [1.807, 2.05) is 23.9 Å². The molecule has 0 saturated heterocycles. The number of nitrogens with one attached hydrogen (secondary N) is 1. The molecule has 0 bridgehead atoms. The summed E-state index contributed by atoms with van der Waals surface area (Å²) in [7, 11) is 0. The molecule has 5 nitrogen and oxygen atoms in total. The number of hydrazine groups is 1. The molecular formula is C13H18ClN5. The molecule has 0 amide bonds. The number of nitrogens with zero attached hydrogens (tertiary/aromatic N) is 3. The molecule has 1 atom stereocenters. The summed E-state index contributed by atoms with van der Waals surface area (Å²) < 4.78 is 1.88. The lowest BCUT2D eigenvalue weighted by Gasteiger charge is -2.21. The zero-order valence-corrected chi connectivity index (χ0v) is 12.0. The van der Waals surface area contributed by atoms with Crippen LogP contribution in [0.25, 0.3) is 0 Å². The van der Waals surface area contributed by atoms with Crippen LogP contribution in [0.15, 0.2) is 24.7 Å². The third-order valence-electron chi connectivity index (χ3n) is 3.09. The van der Waals surface area contributed by atoms with Crippen molar-refractivity contribution in [3.05, 3.63) is 46.5 Å². The van der Waals surface area contributed by atoms with Crippen LogP contribution in [0.5, 0.6) is 0 Å². The Morgan fingerprint density at radius 3 is 2.68 bits per heavy atom. The number of hydrogen-bond donors (Lipinski definition) is 2. The molecule has 0 aromatic carbocycles. The quantitative estimate of drug-likeness (QED) is 0.666. The summed E-state index contributed by atoms with van der Waals surface area (Å²) >= 11 is 6.27. The van der Waals surface area contributed by atoms with E-state index >= 15 is 0 Å². The first-order valence-corrected chi connectivity index (χ1v) is 6.53. The predicted molar refractivity (Wildman–Crippen MR) is 75.8 cm³/mol. The van der Waals surface area contributed by atoms with Crippen LogP contribution in [-0.4, -0.2) is 14.8 Å². The van der Waals surface area contributed by atoms with Gasteiger partial charge in [-0.25, -0.2) is 5.43 Å². The van der Waals surface area contributed by atoms with E-state index in [0.29, 0.717) is 5.02 Å². The second-order valence-electron chi connectivity index (χ2n) is 4.75. The third kappa shape index (κ3) is 2.63. The Morgan fingerprint density at radius 1 is 1.37 bits per heavy atom. The fourth-order valence-corrected chi connectivity index (χ4v) is 2.40. The van der Waals surface area contributed by atoms with Gasteiger partial charge in [0.1, 0.15) is 0 Å². The van der Waals surface area contributed by atoms with Crippen LogP contribution in [0, 0.1) is 6.92 Å². The maximum absolute atomic E-state index is 6.27. The lowest BCUT2D eigenvalue weighted by molar-refractivity contribution is 0.475. The van der Waals surface area contributed by atoms with Crippen LogP contribution in [0.4, 0.5) is 0 Å². The van der Waals surface area contributed by atoms with Crippen molar-refractivity contribution in [1.82, 2.24) is 20.2 Å². The summed E-state index contributed by atoms with van der Waals surface area (Å²) in [4.78, 5) is 4.10. The Bertz CT molecular complexity index is 564. The molecule has 0 aliphatic carbocycles. The highest BCUT2D eigenvalue weighted by atomic mass is 35.5. The average molecular weight is 280 g/mol. The highest BCUT2D eigenvalue weighted by molar-refractivity contribution is 6.31. The van der Waals surface area contributed by atoms with Crippen molar-refractivity contribution in [2.45, 2.75) is 32.9 Å². The van der Waals surface area contributed by atoms with E-state index in [2.05, 4.69) is 29.4 Å². The Hall–Kier alpha value is -1.43. The topological polar surface area (TPSA) is 68.8 Å². The maximum atomic E-state index is 6.27. The highest BCUT2D eigenvalue weighted by Gasteiger charge is 2.23. The minimum absolute atomic E-state index is 0.208. The van der Waals surface area contributed by atoms with Gasteiger partial charge in [-0.05, 0) is 38.0 Å². The van der Waals surface area contributed by atoms with E-state index in [9.17, 15) is 0 Å². The van der Waals surface area contributed by atoms with Gasteiger partial charge in [0.25, 0.3) is 0 Å². The van der Waals surface area contributed by atoms with Gasteiger partial charge in [-0.2, -0.15) is 5.10 Å². The second kappa shape index (κ2) is 5.69. The number of aryl methyl sites for hydroxylation is 1. The fraction of sp³-hybridized carbons (Fsp3) is 0.385. The molecule has 0 spiro atoms. The van der Waals surface area contributed by atoms with Gasteiger partial charge in [-0.1, -0.05) is 11.6 Å². The Balaban J connectivity index is 2.55. The van der Waals surface area contributed by atoms with Crippen molar-refractivity contribution in [3.63, 3.8) is 0 Å². The Morgan fingerprint density at radius 2 is 2.11 bits per heavy atom. The first kappa shape index (κ1) is 14.0. The van der Waals surface area contributed by atoms with Gasteiger partial charge in [0.05, 0.1) is 23.0 Å². The van der Waals surface area contributed by atoms with Gasteiger partial charge >= 0.3 is 0 Å². The summed E-state index contributed by atoms with van der Waals surface area (Å²) in [5, 5.41) is 4.92. The summed E-state index contributed by atoms with van der Waals surface area (Å²) in [5.41, 5.74) is 5.79. The Labute approximate surface area is 117 Å². The lowest BCUT2D eigenvalue weighted by Crippen LogP contribution is -2.31. The van der Waals surface area contributed by atoms with Crippen LogP contribution in [0.1, 0.15) is 42.8 Å². The van der Waals surface area contributed by atoms with E-state index in [1.54, 1.807) is 12.4 Å². The molecule has 0 fully saturated rings. The second-order valence-corrected chi connectivity index (χ2v) is 5.16. The zero-order chi connectivity index (χ0) is 14.0. The van der Waals surface area contributed by atoms with Crippen LogP contribution >= 0.6 is 11.6 Å². The van der Waals surface area contributed by atoms with Gasteiger partial charge in [0, 0.05) is 18.4 Å². The van der Waals surface area contributed by atoms with Gasteiger partial charge in [0.15, 0.2) is 0 Å². The number of hydrogen-bond acceptors (Lipinski definition) is 4. The molecule has 2 aromatic rings. The molecule has 0 aliphatic heterocycles. The molecule has 2 rings (SSSR count). The average Bonchev–Trinajstić information content (AvgIpc) is 2.75. The summed E-state index contributed by atoms with van der Waals surface area (Å²) in [6.07, 6.45) is 5.21. The van der Waals surface area contributed by atoms with Crippen LogP contribution in [0.2, 0.25) is 5.02 Å². The van der Waals surface area contributed by atoms with E-state index in [0.717, 1.165) is 16.8 Å². The van der Waals surface area contributed by atoms with E-state index in [-0.39, 0.29) is 12.1 Å². The predicted octanol–water partition coefficient (Wildman–Crippen LogP) is 2.37. The van der Waals surface area contributed by atoms with E-state index in [1.165, 1.54) is 0 Å². The number of nitrogens with two attached hydrogens (primary N) is 1. The minimum Gasteiger partial charge on any atom is -0.271 e. The number of aromatic nitrogens is 3. The molecule has 102 valence electrons. The molecular weight excluding hydrogens is 262 g/mol. The summed E-state index contributed by atoms with van der Waals surface area (Å²) in [6, 6.07) is 1.94. The zero-order valence-electron chi connectivity index (χ0n) is 11.3. The minimum atomic E-state index is -0.208. The van der Waals surface area contributed by atoms with E-state index in [4.69, 9.17) is 17.4 Å². The van der Waals surface area contributed by atoms with Crippen molar-refractivity contribution in [2.24, 2.45) is 5.84 Å². The van der Waals surface area contributed by atoms with Crippen LogP contribution < -0.4 is 11.3 Å². The lowest BCUT2D eigenvalue weighted by atomic mass is 10.0. The molecule has 1 unspecified atom stereocenters. The standard InChI is InChI=1S/C13H18ClN5/c1-8(2)19-13(11(14)7-17-19)12(18-15)10-4-5-16-6-9(10)3/h4-8,12,18H,15H2,1-3H3.